The van der Waals surface area contributed by atoms with Gasteiger partial charge in [-0.1, -0.05) is 31.5 Å². The number of benzene rings is 1. The molecule has 2 aliphatic heterocycles. The Morgan fingerprint density at radius 3 is 2.50 bits per heavy atom. The number of hydrogen-bond donors (Lipinski definition) is 0. The molecular weight excluding hydrogens is 586 g/mol. The topological polar surface area (TPSA) is 106 Å². The van der Waals surface area contributed by atoms with E-state index in [0.717, 1.165) is 18.4 Å². The number of nitrogens with zero attached hydrogens (tertiary/aromatic N) is 5. The third-order valence-corrected chi connectivity index (χ3v) is 8.21. The van der Waals surface area contributed by atoms with Crippen LogP contribution in [-0.2, 0) is 25.5 Å². The van der Waals surface area contributed by atoms with Crippen molar-refractivity contribution in [1.82, 2.24) is 24.3 Å². The number of fused-ring (bicyclic) bond motifs is 1. The number of carbonyl (C=O) groups is 3. The second-order valence-electron chi connectivity index (χ2n) is 13.2. The SMILES string of the molecule is COCCCCn1c(C(=O)N(CC(C)C)[C@H]2CC(C(=O)N3CCOCC3)CN(C(=O)OC(C)(C)C)C2)nc2cccc(Cl)c21. The first-order chi connectivity index (χ1) is 20.9. The standard InChI is InChI=1S/C32H48ClN5O6/c1-22(2)19-38(30(40)28-34-26-11-9-10-25(33)27(26)37(28)12-7-8-15-42-6)24-18-23(29(39)35-13-16-43-17-14-35)20-36(21-24)31(41)44-32(3,4)5/h9-11,22-24H,7-8,12-21H2,1-6H3/t23?,24-/m0/s1. The number of amides is 3. The number of piperidine rings is 1. The fourth-order valence-electron chi connectivity index (χ4n) is 5.95. The molecular formula is C32H48ClN5O6. The molecule has 244 valence electrons. The maximum atomic E-state index is 14.6. The summed E-state index contributed by atoms with van der Waals surface area (Å²) in [5.41, 5.74) is 0.670. The lowest BCUT2D eigenvalue weighted by Crippen LogP contribution is -2.58. The molecule has 2 atom stereocenters. The molecule has 0 aliphatic carbocycles. The van der Waals surface area contributed by atoms with Crippen molar-refractivity contribution in [3.05, 3.63) is 29.0 Å². The average molecular weight is 634 g/mol. The van der Waals surface area contributed by atoms with Gasteiger partial charge in [0.15, 0.2) is 5.82 Å². The molecule has 0 N–H and O–H groups in total. The number of para-hydroxylation sites is 1. The van der Waals surface area contributed by atoms with E-state index >= 15 is 0 Å². The highest BCUT2D eigenvalue weighted by molar-refractivity contribution is 6.35. The number of hydrogen-bond acceptors (Lipinski definition) is 7. The number of aryl methyl sites for hydroxylation is 1. The van der Waals surface area contributed by atoms with Crippen molar-refractivity contribution in [2.75, 3.05) is 59.7 Å². The molecule has 2 fully saturated rings. The Kier molecular flexibility index (Phi) is 11.5. The maximum absolute atomic E-state index is 14.6. The van der Waals surface area contributed by atoms with Crippen LogP contribution in [0, 0.1) is 11.8 Å². The van der Waals surface area contributed by atoms with Crippen LogP contribution in [-0.4, -0.2) is 113 Å². The molecule has 1 aromatic carbocycles. The van der Waals surface area contributed by atoms with Gasteiger partial charge in [0.05, 0.1) is 41.2 Å². The summed E-state index contributed by atoms with van der Waals surface area (Å²) in [6.45, 7) is 13.6. The third-order valence-electron chi connectivity index (χ3n) is 7.90. The van der Waals surface area contributed by atoms with Gasteiger partial charge in [0, 0.05) is 53.0 Å². The smallest absolute Gasteiger partial charge is 0.410 e. The lowest BCUT2D eigenvalue weighted by molar-refractivity contribution is -0.142. The Hall–Kier alpha value is -2.89. The summed E-state index contributed by atoms with van der Waals surface area (Å²) in [5, 5.41) is 0.529. The van der Waals surface area contributed by atoms with E-state index in [-0.39, 0.29) is 30.8 Å². The van der Waals surface area contributed by atoms with Crippen LogP contribution in [0.15, 0.2) is 18.2 Å². The second-order valence-corrected chi connectivity index (χ2v) is 13.6. The molecule has 2 saturated heterocycles. The fraction of sp³-hybridized carbons (Fsp3) is 0.688. The molecule has 44 heavy (non-hydrogen) atoms. The number of rotatable bonds is 10. The van der Waals surface area contributed by atoms with Crippen molar-refractivity contribution in [3.63, 3.8) is 0 Å². The largest absolute Gasteiger partial charge is 0.444 e. The fourth-order valence-corrected chi connectivity index (χ4v) is 6.22. The van der Waals surface area contributed by atoms with Crippen molar-refractivity contribution >= 4 is 40.5 Å². The Bertz CT molecular complexity index is 1300. The normalized spacial score (nSPS) is 19.5. The van der Waals surface area contributed by atoms with Crippen LogP contribution in [0.5, 0.6) is 0 Å². The van der Waals surface area contributed by atoms with Crippen LogP contribution in [0.4, 0.5) is 4.79 Å². The van der Waals surface area contributed by atoms with Gasteiger partial charge in [-0.15, -0.1) is 0 Å². The third kappa shape index (κ3) is 8.43. The molecule has 1 unspecified atom stereocenters. The van der Waals surface area contributed by atoms with E-state index in [1.807, 2.05) is 42.4 Å². The minimum atomic E-state index is -0.700. The molecule has 1 aromatic heterocycles. The molecule has 0 bridgehead atoms. The van der Waals surface area contributed by atoms with Gasteiger partial charge in [0.25, 0.3) is 5.91 Å². The first-order valence-electron chi connectivity index (χ1n) is 15.7. The zero-order chi connectivity index (χ0) is 32.0. The maximum Gasteiger partial charge on any atom is 0.410 e. The number of halogens is 1. The van der Waals surface area contributed by atoms with Crippen molar-refractivity contribution in [2.24, 2.45) is 11.8 Å². The number of carbonyl (C=O) groups excluding carboxylic acids is 3. The lowest BCUT2D eigenvalue weighted by atomic mass is 9.91. The molecule has 12 heteroatoms. The highest BCUT2D eigenvalue weighted by Gasteiger charge is 2.42. The molecule has 0 radical (unpaired) electrons. The Balaban J connectivity index is 1.70. The van der Waals surface area contributed by atoms with Gasteiger partial charge < -0.3 is 33.5 Å². The first-order valence-corrected chi connectivity index (χ1v) is 16.1. The predicted octanol–water partition coefficient (Wildman–Crippen LogP) is 4.70. The molecule has 11 nitrogen and oxygen atoms in total. The summed E-state index contributed by atoms with van der Waals surface area (Å²) in [6.07, 6.45) is 1.54. The van der Waals surface area contributed by atoms with Gasteiger partial charge in [0.1, 0.15) is 5.60 Å². The number of likely N-dealkylation sites (tertiary alicyclic amines) is 1. The van der Waals surface area contributed by atoms with Crippen LogP contribution in [0.2, 0.25) is 5.02 Å². The van der Waals surface area contributed by atoms with E-state index in [4.69, 9.17) is 30.8 Å². The molecule has 0 spiro atoms. The molecule has 2 aromatic rings. The summed E-state index contributed by atoms with van der Waals surface area (Å²) >= 11 is 6.65. The molecule has 4 rings (SSSR count). The highest BCUT2D eigenvalue weighted by atomic mass is 35.5. The van der Waals surface area contributed by atoms with Crippen molar-refractivity contribution in [2.45, 2.75) is 72.1 Å². The van der Waals surface area contributed by atoms with E-state index < -0.39 is 23.7 Å². The van der Waals surface area contributed by atoms with Gasteiger partial charge >= 0.3 is 6.09 Å². The zero-order valence-electron chi connectivity index (χ0n) is 27.0. The van der Waals surface area contributed by atoms with Crippen molar-refractivity contribution < 1.29 is 28.6 Å². The lowest BCUT2D eigenvalue weighted by Gasteiger charge is -2.44. The average Bonchev–Trinajstić information content (AvgIpc) is 3.36. The van der Waals surface area contributed by atoms with Crippen molar-refractivity contribution in [1.29, 1.82) is 0 Å². The Morgan fingerprint density at radius 2 is 1.84 bits per heavy atom. The molecule has 0 saturated carbocycles. The van der Waals surface area contributed by atoms with E-state index in [2.05, 4.69) is 13.8 Å². The predicted molar refractivity (Wildman–Crippen MR) is 169 cm³/mol. The van der Waals surface area contributed by atoms with Crippen LogP contribution < -0.4 is 0 Å². The second kappa shape index (κ2) is 14.9. The van der Waals surface area contributed by atoms with E-state index in [1.165, 1.54) is 0 Å². The molecule has 3 amide bonds. The Morgan fingerprint density at radius 1 is 1.11 bits per heavy atom. The van der Waals surface area contributed by atoms with Gasteiger partial charge in [0.2, 0.25) is 5.91 Å². The van der Waals surface area contributed by atoms with E-state index in [9.17, 15) is 14.4 Å². The van der Waals surface area contributed by atoms with Gasteiger partial charge in [-0.25, -0.2) is 9.78 Å². The minimum Gasteiger partial charge on any atom is -0.444 e. The molecule has 2 aliphatic rings. The summed E-state index contributed by atoms with van der Waals surface area (Å²) < 4.78 is 18.4. The highest BCUT2D eigenvalue weighted by Crippen LogP contribution is 2.30. The number of unbranched alkanes of at least 4 members (excludes halogenated alkanes) is 1. The Labute approximate surface area is 265 Å². The van der Waals surface area contributed by atoms with Crippen LogP contribution in [0.25, 0.3) is 11.0 Å². The number of ether oxygens (including phenoxy) is 3. The summed E-state index contributed by atoms with van der Waals surface area (Å²) in [6, 6.07) is 5.07. The van der Waals surface area contributed by atoms with Gasteiger partial charge in [-0.05, 0) is 58.1 Å². The van der Waals surface area contributed by atoms with Crippen LogP contribution in [0.3, 0.4) is 0 Å². The zero-order valence-corrected chi connectivity index (χ0v) is 27.8. The van der Waals surface area contributed by atoms with Crippen LogP contribution in [0.1, 0.15) is 64.5 Å². The monoisotopic (exact) mass is 633 g/mol. The van der Waals surface area contributed by atoms with Crippen LogP contribution >= 0.6 is 11.6 Å². The number of aromatic nitrogens is 2. The summed E-state index contributed by atoms with van der Waals surface area (Å²) in [7, 11) is 1.67. The quantitative estimate of drug-likeness (QED) is 0.349. The number of imidazole rings is 1. The van der Waals surface area contributed by atoms with E-state index in [1.54, 1.807) is 23.0 Å². The molecule has 3 heterocycles. The minimum absolute atomic E-state index is 0.0272. The number of methoxy groups -OCH3 is 1. The summed E-state index contributed by atoms with van der Waals surface area (Å²) in [5.74, 6) is -0.319. The first kappa shape index (κ1) is 34.0. The number of morpholine rings is 1. The van der Waals surface area contributed by atoms with Gasteiger partial charge in [-0.3, -0.25) is 9.59 Å². The van der Waals surface area contributed by atoms with E-state index in [0.29, 0.717) is 68.8 Å². The van der Waals surface area contributed by atoms with Crippen molar-refractivity contribution in [3.8, 4) is 0 Å². The summed E-state index contributed by atoms with van der Waals surface area (Å²) in [4.78, 5) is 51.7. The van der Waals surface area contributed by atoms with Gasteiger partial charge in [-0.2, -0.15) is 0 Å².